The summed E-state index contributed by atoms with van der Waals surface area (Å²) in [4.78, 5) is 0. The average molecular weight is 220 g/mol. The number of hydrogen-bond acceptors (Lipinski definition) is 1. The lowest BCUT2D eigenvalue weighted by atomic mass is 9.65. The van der Waals surface area contributed by atoms with E-state index in [1.807, 2.05) is 13.8 Å². The molecule has 2 aliphatic rings. The van der Waals surface area contributed by atoms with Crippen LogP contribution in [0.25, 0.3) is 0 Å². The molecule has 2 unspecified atom stereocenters. The predicted molar refractivity (Wildman–Crippen MR) is 68.2 cm³/mol. The zero-order chi connectivity index (χ0) is 11.9. The number of fused-ring (bicyclic) bond motifs is 1. The van der Waals surface area contributed by atoms with Crippen LogP contribution in [0.3, 0.4) is 0 Å². The molecule has 1 heteroatoms. The van der Waals surface area contributed by atoms with Gasteiger partial charge in [0, 0.05) is 5.92 Å². The molecule has 0 aromatic heterocycles. The van der Waals surface area contributed by atoms with Crippen molar-refractivity contribution in [3.05, 3.63) is 22.8 Å². The van der Waals surface area contributed by atoms with E-state index < -0.39 is 5.60 Å². The van der Waals surface area contributed by atoms with E-state index in [0.29, 0.717) is 11.8 Å². The summed E-state index contributed by atoms with van der Waals surface area (Å²) in [5, 5.41) is 10.3. The van der Waals surface area contributed by atoms with Gasteiger partial charge >= 0.3 is 0 Å². The molecule has 0 aliphatic heterocycles. The van der Waals surface area contributed by atoms with Crippen LogP contribution in [-0.2, 0) is 0 Å². The normalized spacial score (nSPS) is 31.2. The van der Waals surface area contributed by atoms with Crippen LogP contribution in [-0.4, -0.2) is 10.7 Å². The Morgan fingerprint density at radius 3 is 2.50 bits per heavy atom. The van der Waals surface area contributed by atoms with Crippen LogP contribution in [0, 0.1) is 11.8 Å². The lowest BCUT2D eigenvalue weighted by Crippen LogP contribution is -2.39. The molecule has 0 saturated carbocycles. The van der Waals surface area contributed by atoms with Gasteiger partial charge in [0.25, 0.3) is 0 Å². The maximum absolute atomic E-state index is 10.3. The highest BCUT2D eigenvalue weighted by Crippen LogP contribution is 2.45. The number of aliphatic hydroxyl groups is 1. The van der Waals surface area contributed by atoms with Gasteiger partial charge in [-0.2, -0.15) is 0 Å². The third-order valence-corrected chi connectivity index (χ3v) is 4.37. The van der Waals surface area contributed by atoms with Crippen LogP contribution in [0.15, 0.2) is 22.8 Å². The summed E-state index contributed by atoms with van der Waals surface area (Å²) < 4.78 is 0. The van der Waals surface area contributed by atoms with Gasteiger partial charge in [-0.1, -0.05) is 22.8 Å². The second-order valence-electron chi connectivity index (χ2n) is 6.14. The van der Waals surface area contributed by atoms with Crippen LogP contribution in [0.1, 0.15) is 53.4 Å². The molecule has 90 valence electrons. The van der Waals surface area contributed by atoms with E-state index in [0.717, 1.165) is 6.42 Å². The van der Waals surface area contributed by atoms with E-state index in [2.05, 4.69) is 19.9 Å². The summed E-state index contributed by atoms with van der Waals surface area (Å²) in [7, 11) is 0. The molecule has 2 aliphatic carbocycles. The Bertz CT molecular complexity index is 341. The first-order chi connectivity index (χ1) is 7.39. The Labute approximate surface area is 99.3 Å². The molecule has 0 fully saturated rings. The molecule has 0 bridgehead atoms. The van der Waals surface area contributed by atoms with E-state index in [1.165, 1.54) is 24.8 Å². The topological polar surface area (TPSA) is 20.2 Å². The van der Waals surface area contributed by atoms with E-state index in [-0.39, 0.29) is 0 Å². The Kier molecular flexibility index (Phi) is 3.00. The highest BCUT2D eigenvalue weighted by atomic mass is 16.3. The first kappa shape index (κ1) is 11.9. The fourth-order valence-electron chi connectivity index (χ4n) is 3.35. The molecule has 0 aromatic rings. The van der Waals surface area contributed by atoms with Crippen molar-refractivity contribution in [3.63, 3.8) is 0 Å². The minimum Gasteiger partial charge on any atom is -0.390 e. The Morgan fingerprint density at radius 1 is 1.19 bits per heavy atom. The van der Waals surface area contributed by atoms with Crippen molar-refractivity contribution < 1.29 is 5.11 Å². The van der Waals surface area contributed by atoms with Crippen LogP contribution in [0.4, 0.5) is 0 Å². The van der Waals surface area contributed by atoms with Crippen LogP contribution >= 0.6 is 0 Å². The highest BCUT2D eigenvalue weighted by Gasteiger charge is 2.38. The smallest absolute Gasteiger partial charge is 0.0628 e. The van der Waals surface area contributed by atoms with E-state index in [9.17, 15) is 5.11 Å². The van der Waals surface area contributed by atoms with Crippen LogP contribution < -0.4 is 0 Å². The van der Waals surface area contributed by atoms with Crippen molar-refractivity contribution in [1.82, 2.24) is 0 Å². The maximum atomic E-state index is 10.3. The lowest BCUT2D eigenvalue weighted by molar-refractivity contribution is -0.00371. The second-order valence-corrected chi connectivity index (χ2v) is 6.14. The predicted octanol–water partition coefficient (Wildman–Crippen LogP) is 3.84. The number of rotatable bonds is 1. The molecule has 0 spiro atoms. The quantitative estimate of drug-likeness (QED) is 0.666. The summed E-state index contributed by atoms with van der Waals surface area (Å²) >= 11 is 0. The molecule has 1 nitrogen and oxygen atoms in total. The lowest BCUT2D eigenvalue weighted by Gasteiger charge is -2.42. The molecule has 2 atom stereocenters. The Balaban J connectivity index is 2.37. The van der Waals surface area contributed by atoms with Gasteiger partial charge in [-0.3, -0.25) is 0 Å². The van der Waals surface area contributed by atoms with Crippen LogP contribution in [0.5, 0.6) is 0 Å². The third kappa shape index (κ3) is 2.10. The summed E-state index contributed by atoms with van der Waals surface area (Å²) in [5.74, 6) is 0.906. The van der Waals surface area contributed by atoms with Gasteiger partial charge in [0.1, 0.15) is 0 Å². The van der Waals surface area contributed by atoms with E-state index in [4.69, 9.17) is 0 Å². The number of hydrogen-bond donors (Lipinski definition) is 1. The van der Waals surface area contributed by atoms with Gasteiger partial charge in [0.2, 0.25) is 0 Å². The standard InChI is InChI=1S/C15H24O/c1-10-5-7-12-11(2)6-8-14(13(12)9-10)15(3,4)16/h9,13-14,16H,5-8H2,1-4H3. The molecular formula is C15H24O. The molecule has 0 heterocycles. The van der Waals surface area contributed by atoms with Gasteiger partial charge in [-0.25, -0.2) is 0 Å². The van der Waals surface area contributed by atoms with Crippen molar-refractivity contribution in [1.29, 1.82) is 0 Å². The fourth-order valence-corrected chi connectivity index (χ4v) is 3.35. The third-order valence-electron chi connectivity index (χ3n) is 4.37. The number of allylic oxidation sites excluding steroid dienone is 4. The molecule has 0 amide bonds. The van der Waals surface area contributed by atoms with E-state index in [1.54, 1.807) is 11.1 Å². The molecular weight excluding hydrogens is 196 g/mol. The maximum Gasteiger partial charge on any atom is 0.0628 e. The van der Waals surface area contributed by atoms with Gasteiger partial charge in [0.15, 0.2) is 0 Å². The van der Waals surface area contributed by atoms with Gasteiger partial charge in [-0.15, -0.1) is 0 Å². The molecule has 0 saturated heterocycles. The first-order valence-corrected chi connectivity index (χ1v) is 6.48. The summed E-state index contributed by atoms with van der Waals surface area (Å²) in [6.07, 6.45) is 7.14. The molecule has 2 rings (SSSR count). The highest BCUT2D eigenvalue weighted by molar-refractivity contribution is 5.30. The molecule has 0 radical (unpaired) electrons. The summed E-state index contributed by atoms with van der Waals surface area (Å²) in [6.45, 7) is 8.43. The molecule has 1 N–H and O–H groups in total. The monoisotopic (exact) mass is 220 g/mol. The summed E-state index contributed by atoms with van der Waals surface area (Å²) in [5.41, 5.74) is 4.14. The van der Waals surface area contributed by atoms with Gasteiger partial charge < -0.3 is 5.11 Å². The largest absolute Gasteiger partial charge is 0.390 e. The van der Waals surface area contributed by atoms with E-state index >= 15 is 0 Å². The average Bonchev–Trinajstić information content (AvgIpc) is 2.15. The Hall–Kier alpha value is -0.560. The van der Waals surface area contributed by atoms with Crippen LogP contribution in [0.2, 0.25) is 0 Å². The first-order valence-electron chi connectivity index (χ1n) is 6.48. The summed E-state index contributed by atoms with van der Waals surface area (Å²) in [6, 6.07) is 0. The minimum atomic E-state index is -0.551. The zero-order valence-corrected chi connectivity index (χ0v) is 11.0. The Morgan fingerprint density at radius 2 is 1.88 bits per heavy atom. The van der Waals surface area contributed by atoms with Gasteiger partial charge in [0.05, 0.1) is 5.60 Å². The van der Waals surface area contributed by atoms with Crippen molar-refractivity contribution in [3.8, 4) is 0 Å². The fraction of sp³-hybridized carbons (Fsp3) is 0.733. The molecule has 16 heavy (non-hydrogen) atoms. The minimum absolute atomic E-state index is 0.404. The second kappa shape index (κ2) is 4.03. The van der Waals surface area contributed by atoms with Crippen molar-refractivity contribution >= 4 is 0 Å². The SMILES string of the molecule is CC1=CC2C(=C(C)CCC2C(C)(C)O)CC1. The van der Waals surface area contributed by atoms with Gasteiger partial charge in [-0.05, 0) is 59.3 Å². The zero-order valence-electron chi connectivity index (χ0n) is 11.0. The molecule has 0 aromatic carbocycles. The van der Waals surface area contributed by atoms with Crippen molar-refractivity contribution in [2.24, 2.45) is 11.8 Å². The van der Waals surface area contributed by atoms with Crippen molar-refractivity contribution in [2.45, 2.75) is 59.0 Å². The van der Waals surface area contributed by atoms with Crippen molar-refractivity contribution in [2.75, 3.05) is 0 Å².